The van der Waals surface area contributed by atoms with Crippen molar-refractivity contribution in [3.63, 3.8) is 0 Å². The Morgan fingerprint density at radius 3 is 2.47 bits per heavy atom. The predicted octanol–water partition coefficient (Wildman–Crippen LogP) is -0.880. The summed E-state index contributed by atoms with van der Waals surface area (Å²) >= 11 is 0. The van der Waals surface area contributed by atoms with Crippen molar-refractivity contribution in [2.24, 2.45) is 11.1 Å². The molecule has 0 aromatic rings. The van der Waals surface area contributed by atoms with E-state index in [-0.39, 0.29) is 23.8 Å². The summed E-state index contributed by atoms with van der Waals surface area (Å²) in [6.07, 6.45) is 3.82. The van der Waals surface area contributed by atoms with Crippen LogP contribution in [0.1, 0.15) is 25.7 Å². The molecule has 0 saturated heterocycles. The summed E-state index contributed by atoms with van der Waals surface area (Å²) < 4.78 is 0. The number of rotatable bonds is 5. The molecule has 0 bridgehead atoms. The second-order valence-electron chi connectivity index (χ2n) is 4.51. The average Bonchev–Trinajstić information content (AvgIpc) is 3.08. The zero-order valence-electron chi connectivity index (χ0n) is 8.71. The van der Waals surface area contributed by atoms with Gasteiger partial charge in [0.05, 0.1) is 12.0 Å². The molecule has 2 fully saturated rings. The number of carbonyl (C=O) groups is 2. The Hall–Kier alpha value is -1.10. The van der Waals surface area contributed by atoms with E-state index < -0.39 is 0 Å². The highest BCUT2D eigenvalue weighted by Crippen LogP contribution is 2.44. The van der Waals surface area contributed by atoms with Gasteiger partial charge in [0.1, 0.15) is 0 Å². The molecule has 0 aromatic carbocycles. The van der Waals surface area contributed by atoms with E-state index in [0.29, 0.717) is 12.6 Å². The van der Waals surface area contributed by atoms with Crippen molar-refractivity contribution in [1.29, 1.82) is 0 Å². The molecule has 0 heterocycles. The zero-order chi connectivity index (χ0) is 10.9. The minimum absolute atomic E-state index is 0.0732. The van der Waals surface area contributed by atoms with Crippen LogP contribution in [0.15, 0.2) is 0 Å². The molecule has 2 rings (SSSR count). The van der Waals surface area contributed by atoms with Crippen molar-refractivity contribution in [1.82, 2.24) is 10.6 Å². The molecule has 0 aliphatic heterocycles. The standard InChI is InChI=1S/C10H17N3O2/c11-6-10(3-4-10)9(15)12-5-8(14)13-7-1-2-7/h7H,1-6,11H2,(H,12,15)(H,13,14). The van der Waals surface area contributed by atoms with Crippen LogP contribution < -0.4 is 16.4 Å². The zero-order valence-corrected chi connectivity index (χ0v) is 8.71. The van der Waals surface area contributed by atoms with Crippen LogP contribution in [0.25, 0.3) is 0 Å². The van der Waals surface area contributed by atoms with Gasteiger partial charge in [-0.1, -0.05) is 0 Å². The van der Waals surface area contributed by atoms with Gasteiger partial charge in [-0.25, -0.2) is 0 Å². The van der Waals surface area contributed by atoms with Gasteiger partial charge in [0.2, 0.25) is 11.8 Å². The Kier molecular flexibility index (Phi) is 2.65. The molecule has 4 N–H and O–H groups in total. The fourth-order valence-electron chi connectivity index (χ4n) is 1.53. The van der Waals surface area contributed by atoms with E-state index in [1.807, 2.05) is 0 Å². The Balaban J connectivity index is 1.68. The highest BCUT2D eigenvalue weighted by molar-refractivity contribution is 5.89. The van der Waals surface area contributed by atoms with E-state index in [0.717, 1.165) is 25.7 Å². The SMILES string of the molecule is NCC1(C(=O)NCC(=O)NC2CC2)CC1. The lowest BCUT2D eigenvalue weighted by molar-refractivity contribution is -0.129. The Bertz CT molecular complexity index is 282. The van der Waals surface area contributed by atoms with E-state index >= 15 is 0 Å². The molecule has 0 atom stereocenters. The van der Waals surface area contributed by atoms with Crippen molar-refractivity contribution in [2.45, 2.75) is 31.7 Å². The third-order valence-electron chi connectivity index (χ3n) is 3.08. The van der Waals surface area contributed by atoms with Crippen molar-refractivity contribution < 1.29 is 9.59 Å². The van der Waals surface area contributed by atoms with Gasteiger partial charge in [-0.2, -0.15) is 0 Å². The number of nitrogens with two attached hydrogens (primary N) is 1. The Morgan fingerprint density at radius 2 is 2.00 bits per heavy atom. The lowest BCUT2D eigenvalue weighted by Gasteiger charge is -2.12. The number of carbonyl (C=O) groups excluding carboxylic acids is 2. The van der Waals surface area contributed by atoms with E-state index in [1.54, 1.807) is 0 Å². The molecular formula is C10H17N3O2. The largest absolute Gasteiger partial charge is 0.352 e. The quantitative estimate of drug-likeness (QED) is 0.552. The number of hydrogen-bond acceptors (Lipinski definition) is 3. The van der Waals surface area contributed by atoms with Crippen LogP contribution in [0.2, 0.25) is 0 Å². The number of amides is 2. The highest BCUT2D eigenvalue weighted by Gasteiger charge is 2.48. The highest BCUT2D eigenvalue weighted by atomic mass is 16.2. The molecule has 0 unspecified atom stereocenters. The van der Waals surface area contributed by atoms with E-state index in [1.165, 1.54) is 0 Å². The monoisotopic (exact) mass is 211 g/mol. The Morgan fingerprint density at radius 1 is 1.33 bits per heavy atom. The molecule has 0 radical (unpaired) electrons. The topological polar surface area (TPSA) is 84.2 Å². The average molecular weight is 211 g/mol. The first-order valence-corrected chi connectivity index (χ1v) is 5.44. The van der Waals surface area contributed by atoms with Crippen molar-refractivity contribution in [2.75, 3.05) is 13.1 Å². The maximum Gasteiger partial charge on any atom is 0.239 e. The van der Waals surface area contributed by atoms with Crippen LogP contribution >= 0.6 is 0 Å². The van der Waals surface area contributed by atoms with Gasteiger partial charge in [-0.05, 0) is 25.7 Å². The smallest absolute Gasteiger partial charge is 0.239 e. The second kappa shape index (κ2) is 3.81. The minimum atomic E-state index is -0.361. The van der Waals surface area contributed by atoms with Gasteiger partial charge in [0.15, 0.2) is 0 Å². The number of nitrogens with one attached hydrogen (secondary N) is 2. The molecule has 84 valence electrons. The van der Waals surface area contributed by atoms with E-state index in [4.69, 9.17) is 5.73 Å². The second-order valence-corrected chi connectivity index (χ2v) is 4.51. The fourth-order valence-corrected chi connectivity index (χ4v) is 1.53. The molecule has 5 heteroatoms. The first-order chi connectivity index (χ1) is 7.16. The summed E-state index contributed by atoms with van der Waals surface area (Å²) in [6.45, 7) is 0.458. The van der Waals surface area contributed by atoms with Gasteiger partial charge < -0.3 is 16.4 Å². The van der Waals surface area contributed by atoms with Gasteiger partial charge in [0, 0.05) is 12.6 Å². The van der Waals surface area contributed by atoms with Crippen LogP contribution in [-0.4, -0.2) is 30.9 Å². The third kappa shape index (κ3) is 2.47. The maximum atomic E-state index is 11.6. The molecule has 2 aliphatic carbocycles. The van der Waals surface area contributed by atoms with Crippen molar-refractivity contribution >= 4 is 11.8 Å². The number of hydrogen-bond donors (Lipinski definition) is 3. The molecule has 5 nitrogen and oxygen atoms in total. The molecule has 2 amide bonds. The molecule has 0 spiro atoms. The first kappa shape index (κ1) is 10.4. The van der Waals surface area contributed by atoms with Gasteiger partial charge in [-0.15, -0.1) is 0 Å². The van der Waals surface area contributed by atoms with Crippen LogP contribution in [0.4, 0.5) is 0 Å². The van der Waals surface area contributed by atoms with E-state index in [2.05, 4.69) is 10.6 Å². The third-order valence-corrected chi connectivity index (χ3v) is 3.08. The molecule has 2 aliphatic rings. The summed E-state index contributed by atoms with van der Waals surface area (Å²) in [5.74, 6) is -0.172. The molecule has 15 heavy (non-hydrogen) atoms. The summed E-state index contributed by atoms with van der Waals surface area (Å²) in [5, 5.41) is 5.45. The first-order valence-electron chi connectivity index (χ1n) is 5.44. The summed E-state index contributed by atoms with van der Waals surface area (Å²) in [7, 11) is 0. The molecule has 2 saturated carbocycles. The Labute approximate surface area is 88.8 Å². The molecular weight excluding hydrogens is 194 g/mol. The van der Waals surface area contributed by atoms with E-state index in [9.17, 15) is 9.59 Å². The summed E-state index contributed by atoms with van der Waals surface area (Å²) in [4.78, 5) is 22.9. The van der Waals surface area contributed by atoms with Crippen LogP contribution in [-0.2, 0) is 9.59 Å². The normalized spacial score (nSPS) is 21.9. The molecule has 0 aromatic heterocycles. The predicted molar refractivity (Wildman–Crippen MR) is 54.9 cm³/mol. The lowest BCUT2D eigenvalue weighted by Crippen LogP contribution is -2.42. The van der Waals surface area contributed by atoms with Crippen molar-refractivity contribution in [3.05, 3.63) is 0 Å². The van der Waals surface area contributed by atoms with Crippen molar-refractivity contribution in [3.8, 4) is 0 Å². The lowest BCUT2D eigenvalue weighted by atomic mass is 10.1. The van der Waals surface area contributed by atoms with Crippen LogP contribution in [0, 0.1) is 5.41 Å². The van der Waals surface area contributed by atoms with Crippen LogP contribution in [0.3, 0.4) is 0 Å². The van der Waals surface area contributed by atoms with Gasteiger partial charge in [0.25, 0.3) is 0 Å². The maximum absolute atomic E-state index is 11.6. The summed E-state index contributed by atoms with van der Waals surface area (Å²) in [5.41, 5.74) is 5.14. The van der Waals surface area contributed by atoms with Gasteiger partial charge in [-0.3, -0.25) is 9.59 Å². The minimum Gasteiger partial charge on any atom is -0.352 e. The van der Waals surface area contributed by atoms with Gasteiger partial charge >= 0.3 is 0 Å². The summed E-state index contributed by atoms with van der Waals surface area (Å²) in [6, 6.07) is 0.346. The van der Waals surface area contributed by atoms with Crippen LogP contribution in [0.5, 0.6) is 0 Å². The fraction of sp³-hybridized carbons (Fsp3) is 0.800.